The quantitative estimate of drug-likeness (QED) is 0.265. The smallest absolute Gasteiger partial charge is 0.144 e. The van der Waals surface area contributed by atoms with Crippen molar-refractivity contribution in [2.24, 2.45) is 16.3 Å². The maximum Gasteiger partial charge on any atom is 0.144 e. The van der Waals surface area contributed by atoms with Crippen LogP contribution in [0.15, 0.2) is 5.16 Å². The van der Waals surface area contributed by atoms with Crippen LogP contribution in [0.25, 0.3) is 0 Å². The molecule has 120 valence electrons. The first-order chi connectivity index (χ1) is 9.42. The molecule has 0 aromatic rings. The number of amidine groups is 1. The Hall–Kier alpha value is -0.810. The van der Waals surface area contributed by atoms with Gasteiger partial charge in [0.1, 0.15) is 5.84 Å². The third-order valence-corrected chi connectivity index (χ3v) is 4.09. The highest BCUT2D eigenvalue weighted by atomic mass is 16.5. The molecule has 0 radical (unpaired) electrons. The van der Waals surface area contributed by atoms with Gasteiger partial charge in [-0.15, -0.1) is 0 Å². The first-order valence-electron chi connectivity index (χ1n) is 7.63. The molecule has 0 heterocycles. The van der Waals surface area contributed by atoms with Gasteiger partial charge in [0.25, 0.3) is 0 Å². The Morgan fingerprint density at radius 2 is 1.90 bits per heavy atom. The lowest BCUT2D eigenvalue weighted by Crippen LogP contribution is -2.39. The van der Waals surface area contributed by atoms with Gasteiger partial charge in [-0.05, 0) is 32.2 Å². The van der Waals surface area contributed by atoms with Crippen molar-refractivity contribution in [1.82, 2.24) is 4.90 Å². The fraction of sp³-hybridized carbons (Fsp3) is 0.933. The molecule has 3 N–H and O–H groups in total. The Morgan fingerprint density at radius 1 is 1.30 bits per heavy atom. The zero-order chi connectivity index (χ0) is 15.6. The maximum atomic E-state index is 8.80. The number of nitrogens with two attached hydrogens (primary N) is 1. The summed E-state index contributed by atoms with van der Waals surface area (Å²) in [6.07, 6.45) is 4.25. The molecular weight excluding hydrogens is 254 g/mol. The van der Waals surface area contributed by atoms with Crippen molar-refractivity contribution in [2.45, 2.75) is 59.4 Å². The molecule has 0 aliphatic rings. The van der Waals surface area contributed by atoms with Crippen LogP contribution >= 0.6 is 0 Å². The average Bonchev–Trinajstić information content (AvgIpc) is 2.44. The van der Waals surface area contributed by atoms with E-state index >= 15 is 0 Å². The van der Waals surface area contributed by atoms with Crippen molar-refractivity contribution in [3.63, 3.8) is 0 Å². The number of methoxy groups -OCH3 is 1. The number of ether oxygens (including phenoxy) is 1. The molecule has 0 rings (SSSR count). The molecule has 0 saturated heterocycles. The summed E-state index contributed by atoms with van der Waals surface area (Å²) in [5, 5.41) is 11.9. The highest BCUT2D eigenvalue weighted by Crippen LogP contribution is 2.23. The highest BCUT2D eigenvalue weighted by Gasteiger charge is 2.24. The first kappa shape index (κ1) is 19.2. The van der Waals surface area contributed by atoms with E-state index in [1.807, 2.05) is 13.8 Å². The Kier molecular flexibility index (Phi) is 9.59. The van der Waals surface area contributed by atoms with Crippen LogP contribution in [0.1, 0.15) is 53.4 Å². The SMILES string of the molecule is CCC(CC)N(CCCC(C)(C)C(N)=NO)CCOC. The van der Waals surface area contributed by atoms with E-state index in [-0.39, 0.29) is 5.41 Å². The second-order valence-electron chi connectivity index (χ2n) is 5.97. The summed E-state index contributed by atoms with van der Waals surface area (Å²) in [4.78, 5) is 2.49. The summed E-state index contributed by atoms with van der Waals surface area (Å²) in [5.41, 5.74) is 5.47. The van der Waals surface area contributed by atoms with Gasteiger partial charge in [-0.2, -0.15) is 0 Å². The lowest BCUT2D eigenvalue weighted by molar-refractivity contribution is 0.112. The van der Waals surface area contributed by atoms with Crippen LogP contribution in [0.3, 0.4) is 0 Å². The zero-order valence-electron chi connectivity index (χ0n) is 13.9. The van der Waals surface area contributed by atoms with E-state index in [0.717, 1.165) is 45.4 Å². The topological polar surface area (TPSA) is 71.1 Å². The number of rotatable bonds is 11. The van der Waals surface area contributed by atoms with Crippen LogP contribution in [0.4, 0.5) is 0 Å². The minimum absolute atomic E-state index is 0.254. The molecule has 0 bridgehead atoms. The van der Waals surface area contributed by atoms with Gasteiger partial charge < -0.3 is 15.7 Å². The van der Waals surface area contributed by atoms with E-state index in [1.165, 1.54) is 0 Å². The van der Waals surface area contributed by atoms with Gasteiger partial charge in [0.2, 0.25) is 0 Å². The lowest BCUT2D eigenvalue weighted by atomic mass is 9.86. The fourth-order valence-electron chi connectivity index (χ4n) is 2.48. The van der Waals surface area contributed by atoms with Crippen molar-refractivity contribution in [2.75, 3.05) is 26.8 Å². The van der Waals surface area contributed by atoms with Crippen LogP contribution in [0, 0.1) is 5.41 Å². The van der Waals surface area contributed by atoms with Crippen molar-refractivity contribution in [3.8, 4) is 0 Å². The van der Waals surface area contributed by atoms with E-state index in [9.17, 15) is 0 Å². The molecule has 0 amide bonds. The van der Waals surface area contributed by atoms with Crippen LogP contribution in [-0.4, -0.2) is 48.8 Å². The predicted molar refractivity (Wildman–Crippen MR) is 84.2 cm³/mol. The van der Waals surface area contributed by atoms with Gasteiger partial charge in [0.05, 0.1) is 6.61 Å². The number of nitrogens with zero attached hydrogens (tertiary/aromatic N) is 2. The van der Waals surface area contributed by atoms with Crippen molar-refractivity contribution in [1.29, 1.82) is 0 Å². The highest BCUT2D eigenvalue weighted by molar-refractivity contribution is 5.85. The standard InChI is InChI=1S/C15H33N3O2/c1-6-13(7-2)18(11-12-20-5)10-8-9-15(3,4)14(16)17-19/h13,19H,6-12H2,1-5H3,(H2,16,17). The summed E-state index contributed by atoms with van der Waals surface area (Å²) in [7, 11) is 1.74. The van der Waals surface area contributed by atoms with Gasteiger partial charge in [-0.3, -0.25) is 4.90 Å². The maximum absolute atomic E-state index is 8.80. The Balaban J connectivity index is 4.39. The molecule has 0 aliphatic heterocycles. The molecule has 0 aromatic carbocycles. The van der Waals surface area contributed by atoms with Crippen molar-refractivity contribution < 1.29 is 9.94 Å². The number of hydrogen-bond acceptors (Lipinski definition) is 4. The van der Waals surface area contributed by atoms with E-state index in [1.54, 1.807) is 7.11 Å². The van der Waals surface area contributed by atoms with Crippen LogP contribution in [-0.2, 0) is 4.74 Å². The first-order valence-corrected chi connectivity index (χ1v) is 7.63. The summed E-state index contributed by atoms with van der Waals surface area (Å²) < 4.78 is 5.20. The largest absolute Gasteiger partial charge is 0.409 e. The van der Waals surface area contributed by atoms with Gasteiger partial charge in [0, 0.05) is 25.1 Å². The molecule has 0 atom stereocenters. The molecule has 0 unspecified atom stereocenters. The molecule has 0 fully saturated rings. The van der Waals surface area contributed by atoms with Gasteiger partial charge in [0.15, 0.2) is 0 Å². The molecule has 5 heteroatoms. The van der Waals surface area contributed by atoms with E-state index in [4.69, 9.17) is 15.7 Å². The van der Waals surface area contributed by atoms with Crippen LogP contribution in [0.2, 0.25) is 0 Å². The summed E-state index contributed by atoms with van der Waals surface area (Å²) in [5.74, 6) is 0.309. The van der Waals surface area contributed by atoms with Crippen LogP contribution in [0.5, 0.6) is 0 Å². The third kappa shape index (κ3) is 6.57. The van der Waals surface area contributed by atoms with Crippen LogP contribution < -0.4 is 5.73 Å². The molecule has 0 saturated carbocycles. The fourth-order valence-corrected chi connectivity index (χ4v) is 2.48. The molecule has 5 nitrogen and oxygen atoms in total. The minimum Gasteiger partial charge on any atom is -0.409 e. The van der Waals surface area contributed by atoms with Crippen molar-refractivity contribution in [3.05, 3.63) is 0 Å². The Bertz CT molecular complexity index is 276. The average molecular weight is 287 g/mol. The number of hydrogen-bond donors (Lipinski definition) is 2. The second kappa shape index (κ2) is 10.00. The van der Waals surface area contributed by atoms with E-state index in [2.05, 4.69) is 23.9 Å². The molecular formula is C15H33N3O2. The monoisotopic (exact) mass is 287 g/mol. The summed E-state index contributed by atoms with van der Waals surface area (Å²) >= 11 is 0. The minimum atomic E-state index is -0.254. The number of oxime groups is 1. The predicted octanol–water partition coefficient (Wildman–Crippen LogP) is 2.68. The zero-order valence-corrected chi connectivity index (χ0v) is 13.9. The van der Waals surface area contributed by atoms with Gasteiger partial charge in [-0.25, -0.2) is 0 Å². The summed E-state index contributed by atoms with van der Waals surface area (Å²) in [6, 6.07) is 0.608. The van der Waals surface area contributed by atoms with E-state index in [0.29, 0.717) is 11.9 Å². The Labute approximate surface area is 124 Å². The summed E-state index contributed by atoms with van der Waals surface area (Å²) in [6.45, 7) is 11.2. The molecule has 0 aliphatic carbocycles. The molecule has 0 spiro atoms. The van der Waals surface area contributed by atoms with E-state index < -0.39 is 0 Å². The third-order valence-electron chi connectivity index (χ3n) is 4.09. The molecule has 0 aromatic heterocycles. The van der Waals surface area contributed by atoms with Crippen molar-refractivity contribution >= 4 is 5.84 Å². The van der Waals surface area contributed by atoms with Gasteiger partial charge in [-0.1, -0.05) is 32.9 Å². The Morgan fingerprint density at radius 3 is 2.35 bits per heavy atom. The lowest BCUT2D eigenvalue weighted by Gasteiger charge is -2.31. The second-order valence-corrected chi connectivity index (χ2v) is 5.97. The van der Waals surface area contributed by atoms with Gasteiger partial charge >= 0.3 is 0 Å². The molecule has 20 heavy (non-hydrogen) atoms. The normalized spacial score (nSPS) is 13.4.